The number of aromatic nitrogens is 2. The van der Waals surface area contributed by atoms with Crippen molar-refractivity contribution in [1.29, 1.82) is 0 Å². The van der Waals surface area contributed by atoms with E-state index in [1.54, 1.807) is 0 Å². The maximum Gasteiger partial charge on any atom is 0.376 e. The van der Waals surface area contributed by atoms with Crippen LogP contribution in [0.3, 0.4) is 0 Å². The Morgan fingerprint density at radius 1 is 1.15 bits per heavy atom. The highest BCUT2D eigenvalue weighted by Crippen LogP contribution is 2.45. The van der Waals surface area contributed by atoms with Gasteiger partial charge in [-0.1, -0.05) is 0 Å². The molecular weight excluding hydrogens is 422 g/mol. The summed E-state index contributed by atoms with van der Waals surface area (Å²) in [6.45, 7) is 3.57. The average Bonchev–Trinajstić information content (AvgIpc) is 2.79. The number of Topliss-reactive ketones (excluding diaryl/α,β-unsaturated/α-hetero) is 1. The number of hydrogen-bond donors (Lipinski definition) is 2. The van der Waals surface area contributed by atoms with Crippen molar-refractivity contribution < 1.29 is 19.1 Å². The smallest absolute Gasteiger partial charge is 0.376 e. The third-order valence-corrected chi connectivity index (χ3v) is 6.41. The van der Waals surface area contributed by atoms with Gasteiger partial charge in [0.05, 0.1) is 24.6 Å². The quantitative estimate of drug-likeness (QED) is 0.520. The van der Waals surface area contributed by atoms with E-state index in [0.717, 1.165) is 48.1 Å². The average molecular weight is 452 g/mol. The van der Waals surface area contributed by atoms with Gasteiger partial charge >= 0.3 is 5.97 Å². The van der Waals surface area contributed by atoms with Gasteiger partial charge in [0.1, 0.15) is 24.4 Å². The van der Waals surface area contributed by atoms with Crippen LogP contribution in [0.25, 0.3) is 11.3 Å². The molecule has 2 aliphatic carbocycles. The molecule has 0 spiro atoms. The number of hydrogen-bond acceptors (Lipinski definition) is 9. The molecule has 1 heterocycles. The standard InChI is InChI=1S/C24H29N5O4/c1-24(2)19-20(28-12-29-22(19)26)16-9-8-15(33-14-6-4-13(25)5-7-14)10-17(16)21(24)27-11-18(30)23(31)32-3/h8-10,12-14H,4-7,11,25H2,1-3H3,(H2,26,28,29)/b27-21+/t13-,14-. The summed E-state index contributed by atoms with van der Waals surface area (Å²) in [4.78, 5) is 37.0. The van der Waals surface area contributed by atoms with Crippen LogP contribution < -0.4 is 16.2 Å². The fourth-order valence-corrected chi connectivity index (χ4v) is 4.68. The second-order valence-electron chi connectivity index (χ2n) is 9.05. The number of methoxy groups -OCH3 is 1. The van der Waals surface area contributed by atoms with Gasteiger partial charge in [-0.2, -0.15) is 0 Å². The molecule has 4 N–H and O–H groups in total. The lowest BCUT2D eigenvalue weighted by Crippen LogP contribution is -2.37. The molecule has 1 saturated carbocycles. The van der Waals surface area contributed by atoms with E-state index in [1.807, 2.05) is 32.0 Å². The minimum atomic E-state index is -0.927. The van der Waals surface area contributed by atoms with Crippen LogP contribution in [0.2, 0.25) is 0 Å². The van der Waals surface area contributed by atoms with Crippen LogP contribution in [0.1, 0.15) is 50.7 Å². The first-order valence-corrected chi connectivity index (χ1v) is 11.1. The van der Waals surface area contributed by atoms with Crippen LogP contribution in [-0.4, -0.2) is 53.2 Å². The first kappa shape index (κ1) is 22.8. The number of ether oxygens (including phenoxy) is 2. The summed E-state index contributed by atoms with van der Waals surface area (Å²) in [6, 6.07) is 6.00. The first-order valence-electron chi connectivity index (χ1n) is 11.1. The van der Waals surface area contributed by atoms with Gasteiger partial charge in [0.25, 0.3) is 5.78 Å². The summed E-state index contributed by atoms with van der Waals surface area (Å²) in [7, 11) is 1.17. The summed E-state index contributed by atoms with van der Waals surface area (Å²) >= 11 is 0. The van der Waals surface area contributed by atoms with Gasteiger partial charge in [-0.05, 0) is 57.7 Å². The highest BCUT2D eigenvalue weighted by molar-refractivity contribution is 6.34. The van der Waals surface area contributed by atoms with Gasteiger partial charge in [0, 0.05) is 28.1 Å². The molecule has 0 aliphatic heterocycles. The molecule has 2 aromatic rings. The van der Waals surface area contributed by atoms with Crippen LogP contribution in [0.15, 0.2) is 29.5 Å². The Hall–Kier alpha value is -3.33. The number of carbonyl (C=O) groups is 2. The molecule has 0 amide bonds. The molecule has 9 heteroatoms. The van der Waals surface area contributed by atoms with E-state index in [4.69, 9.17) is 16.2 Å². The summed E-state index contributed by atoms with van der Waals surface area (Å²) < 4.78 is 10.8. The number of esters is 1. The van der Waals surface area contributed by atoms with E-state index in [-0.39, 0.29) is 18.7 Å². The lowest BCUT2D eigenvalue weighted by atomic mass is 9.70. The Labute approximate surface area is 192 Å². The molecule has 33 heavy (non-hydrogen) atoms. The number of rotatable bonds is 5. The molecule has 0 saturated heterocycles. The lowest BCUT2D eigenvalue weighted by Gasteiger charge is -2.35. The van der Waals surface area contributed by atoms with Crippen molar-refractivity contribution in [2.24, 2.45) is 10.7 Å². The first-order chi connectivity index (χ1) is 15.7. The summed E-state index contributed by atoms with van der Waals surface area (Å²) in [5.41, 5.74) is 15.2. The number of anilines is 1. The molecular formula is C24H29N5O4. The number of benzene rings is 1. The van der Waals surface area contributed by atoms with E-state index >= 15 is 0 Å². The zero-order valence-corrected chi connectivity index (χ0v) is 19.1. The van der Waals surface area contributed by atoms with Gasteiger partial charge in [0.15, 0.2) is 0 Å². The van der Waals surface area contributed by atoms with Gasteiger partial charge in [-0.25, -0.2) is 14.8 Å². The molecule has 0 radical (unpaired) electrons. The monoisotopic (exact) mass is 451 g/mol. The second kappa shape index (κ2) is 8.90. The molecule has 1 aromatic heterocycles. The Balaban J connectivity index is 1.78. The van der Waals surface area contributed by atoms with E-state index in [1.165, 1.54) is 13.4 Å². The Morgan fingerprint density at radius 2 is 1.88 bits per heavy atom. The van der Waals surface area contributed by atoms with Crippen LogP contribution in [0.5, 0.6) is 5.75 Å². The topological polar surface area (TPSA) is 143 Å². The molecule has 4 rings (SSSR count). The minimum absolute atomic E-state index is 0.103. The minimum Gasteiger partial charge on any atom is -0.490 e. The fraction of sp³-hybridized carbons (Fsp3) is 0.458. The third kappa shape index (κ3) is 4.32. The van der Waals surface area contributed by atoms with Crippen molar-refractivity contribution in [3.63, 3.8) is 0 Å². The van der Waals surface area contributed by atoms with Crippen molar-refractivity contribution in [2.75, 3.05) is 19.4 Å². The molecule has 1 fully saturated rings. The molecule has 2 aliphatic rings. The predicted octanol–water partition coefficient (Wildman–Crippen LogP) is 2.20. The molecule has 0 bridgehead atoms. The second-order valence-corrected chi connectivity index (χ2v) is 9.05. The van der Waals surface area contributed by atoms with Gasteiger partial charge in [-0.15, -0.1) is 0 Å². The van der Waals surface area contributed by atoms with E-state index in [9.17, 15) is 9.59 Å². The van der Waals surface area contributed by atoms with E-state index in [0.29, 0.717) is 17.3 Å². The normalized spacial score (nSPS) is 22.2. The molecule has 0 atom stereocenters. The van der Waals surface area contributed by atoms with Gasteiger partial charge < -0.3 is 20.9 Å². The fourth-order valence-electron chi connectivity index (χ4n) is 4.68. The maximum atomic E-state index is 12.1. The zero-order chi connectivity index (χ0) is 23.8. The van der Waals surface area contributed by atoms with Crippen molar-refractivity contribution in [3.05, 3.63) is 35.7 Å². The summed E-state index contributed by atoms with van der Waals surface area (Å²) in [5, 5.41) is 0. The number of nitrogens with two attached hydrogens (primary N) is 2. The van der Waals surface area contributed by atoms with E-state index in [2.05, 4.69) is 19.7 Å². The zero-order valence-electron chi connectivity index (χ0n) is 19.1. The maximum absolute atomic E-state index is 12.1. The van der Waals surface area contributed by atoms with Crippen LogP contribution in [-0.2, 0) is 19.7 Å². The third-order valence-electron chi connectivity index (χ3n) is 6.41. The highest BCUT2D eigenvalue weighted by atomic mass is 16.5. The Bertz CT molecular complexity index is 1120. The van der Waals surface area contributed by atoms with Crippen LogP contribution in [0.4, 0.5) is 5.82 Å². The van der Waals surface area contributed by atoms with Crippen LogP contribution >= 0.6 is 0 Å². The predicted molar refractivity (Wildman–Crippen MR) is 124 cm³/mol. The van der Waals surface area contributed by atoms with Crippen LogP contribution in [0, 0.1) is 0 Å². The Morgan fingerprint density at radius 3 is 2.58 bits per heavy atom. The SMILES string of the molecule is COC(=O)C(=O)C/N=C1\c2cc(O[C@H]3CC[C@H](N)CC3)ccc2-c2ncnc(N)c2C1(C)C. The molecule has 174 valence electrons. The number of aliphatic imine (C=N–C) groups is 1. The van der Waals surface area contributed by atoms with Gasteiger partial charge in [0.2, 0.25) is 0 Å². The molecule has 9 nitrogen and oxygen atoms in total. The molecule has 0 unspecified atom stereocenters. The van der Waals surface area contributed by atoms with Crippen molar-refractivity contribution in [3.8, 4) is 17.0 Å². The van der Waals surface area contributed by atoms with E-state index < -0.39 is 17.2 Å². The number of ketones is 1. The van der Waals surface area contributed by atoms with Gasteiger partial charge in [-0.3, -0.25) is 9.79 Å². The lowest BCUT2D eigenvalue weighted by molar-refractivity contribution is -0.150. The highest BCUT2D eigenvalue weighted by Gasteiger charge is 2.40. The number of nitrogens with zero attached hydrogens (tertiary/aromatic N) is 3. The number of carbonyl (C=O) groups excluding carboxylic acids is 2. The Kier molecular flexibility index (Phi) is 6.16. The van der Waals surface area contributed by atoms with Crippen molar-refractivity contribution in [2.45, 2.75) is 57.1 Å². The van der Waals surface area contributed by atoms with Crippen molar-refractivity contribution >= 4 is 23.3 Å². The molecule has 1 aromatic carbocycles. The summed E-state index contributed by atoms with van der Waals surface area (Å²) in [5.74, 6) is -0.593. The largest absolute Gasteiger partial charge is 0.490 e. The van der Waals surface area contributed by atoms with Crippen molar-refractivity contribution in [1.82, 2.24) is 9.97 Å². The summed E-state index contributed by atoms with van der Waals surface area (Å²) in [6.07, 6.45) is 5.23. The number of nitrogen functional groups attached to an aromatic ring is 1. The number of fused-ring (bicyclic) bond motifs is 3.